The Morgan fingerprint density at radius 2 is 0.899 bits per heavy atom. The van der Waals surface area contributed by atoms with Gasteiger partial charge in [0.2, 0.25) is 45.8 Å². The van der Waals surface area contributed by atoms with Gasteiger partial charge in [-0.1, -0.05) is 0 Å². The summed E-state index contributed by atoms with van der Waals surface area (Å²) in [4.78, 5) is 113. The van der Waals surface area contributed by atoms with E-state index in [9.17, 15) is 58.5 Å². The second-order valence-electron chi connectivity index (χ2n) is 16.7. The highest BCUT2D eigenvalue weighted by atomic mass is 16.5. The Morgan fingerprint density at radius 3 is 1.28 bits per heavy atom. The van der Waals surface area contributed by atoms with Crippen LogP contribution in [0.5, 0.6) is 17.2 Å². The maximum Gasteiger partial charge on any atom is 0.307 e. The zero-order valence-corrected chi connectivity index (χ0v) is 40.0. The second kappa shape index (κ2) is 29.0. The van der Waals surface area contributed by atoms with Crippen molar-refractivity contribution < 1.29 is 48.8 Å². The fraction of sp³-hybridized carbons (Fsp3) is 0.553. The van der Waals surface area contributed by atoms with Gasteiger partial charge in [0, 0.05) is 88.9 Å². The highest BCUT2D eigenvalue weighted by Gasteiger charge is 2.24. The number of nitrogens with one attached hydrogen (secondary N) is 5. The van der Waals surface area contributed by atoms with Crippen molar-refractivity contribution in [3.8, 4) is 17.2 Å². The first-order valence-corrected chi connectivity index (χ1v) is 23.3. The summed E-state index contributed by atoms with van der Waals surface area (Å²) in [6.45, 7) is 7.78. The van der Waals surface area contributed by atoms with E-state index in [1.54, 1.807) is 60.0 Å². The van der Waals surface area contributed by atoms with Gasteiger partial charge in [0.25, 0.3) is 0 Å². The highest BCUT2D eigenvalue weighted by molar-refractivity contribution is 5.89. The van der Waals surface area contributed by atoms with E-state index in [2.05, 4.69) is 26.6 Å². The Morgan fingerprint density at radius 1 is 0.551 bits per heavy atom. The fourth-order valence-corrected chi connectivity index (χ4v) is 7.32. The van der Waals surface area contributed by atoms with Gasteiger partial charge in [-0.05, 0) is 85.5 Å². The third kappa shape index (κ3) is 18.9. The number of nitrogens with zero attached hydrogens (tertiary/aromatic N) is 3. The van der Waals surface area contributed by atoms with Crippen LogP contribution in [0.3, 0.4) is 0 Å². The van der Waals surface area contributed by atoms with Crippen LogP contribution in [0.4, 0.5) is 0 Å². The molecule has 380 valence electrons. The van der Waals surface area contributed by atoms with Gasteiger partial charge >= 0.3 is 5.97 Å². The quantitative estimate of drug-likeness (QED) is 0.0325. The second-order valence-corrected chi connectivity index (χ2v) is 16.7. The van der Waals surface area contributed by atoms with Gasteiger partial charge in [-0.3, -0.25) is 43.2 Å². The molecule has 22 nitrogen and oxygen atoms in total. The minimum absolute atomic E-state index is 0.0222. The number of hydrogen-bond acceptors (Lipinski definition) is 14. The number of hydrogen-bond donors (Lipinski definition) is 9. The van der Waals surface area contributed by atoms with Crippen molar-refractivity contribution in [1.29, 1.82) is 0 Å². The molecule has 0 aliphatic rings. The maximum absolute atomic E-state index is 13.5. The number of rotatable bonds is 30. The number of pyridine rings is 3. The summed E-state index contributed by atoms with van der Waals surface area (Å²) in [7, 11) is 0. The zero-order valence-electron chi connectivity index (χ0n) is 40.0. The number of nitrogens with two attached hydrogens (primary N) is 1. The molecular weight excluding hydrogens is 899 g/mol. The number of esters is 1. The van der Waals surface area contributed by atoms with Crippen LogP contribution in [0.15, 0.2) is 51.2 Å². The molecule has 0 spiro atoms. The average Bonchev–Trinajstić information content (AvgIpc) is 3.31. The number of aromatic hydroxyl groups is 3. The van der Waals surface area contributed by atoms with E-state index in [0.717, 1.165) is 0 Å². The number of amides is 5. The zero-order chi connectivity index (χ0) is 51.0. The Balaban J connectivity index is 1.55. The van der Waals surface area contributed by atoms with E-state index in [1.807, 2.05) is 0 Å². The van der Waals surface area contributed by atoms with Gasteiger partial charge in [-0.2, -0.15) is 0 Å². The molecule has 3 aromatic heterocycles. The molecule has 0 fully saturated rings. The van der Waals surface area contributed by atoms with E-state index in [-0.39, 0.29) is 75.6 Å². The number of carbonyl (C=O) groups is 6. The van der Waals surface area contributed by atoms with E-state index in [0.29, 0.717) is 81.7 Å². The van der Waals surface area contributed by atoms with Crippen LogP contribution in [0.2, 0.25) is 0 Å². The van der Waals surface area contributed by atoms with Crippen LogP contribution < -0.4 is 48.6 Å². The molecule has 0 aliphatic carbocycles. The lowest BCUT2D eigenvalue weighted by Gasteiger charge is -2.20. The Bertz CT molecular complexity index is 2410. The number of aryl methyl sites for hydroxylation is 3. The third-order valence-corrected chi connectivity index (χ3v) is 11.6. The van der Waals surface area contributed by atoms with Crippen LogP contribution in [0.25, 0.3) is 0 Å². The molecule has 0 saturated carbocycles. The molecule has 0 aliphatic heterocycles. The molecule has 0 aromatic carbocycles. The number of aromatic nitrogens is 3. The van der Waals surface area contributed by atoms with Gasteiger partial charge in [-0.15, -0.1) is 0 Å². The van der Waals surface area contributed by atoms with Gasteiger partial charge in [0.15, 0.2) is 17.2 Å². The highest BCUT2D eigenvalue weighted by Crippen LogP contribution is 2.14. The predicted molar refractivity (Wildman–Crippen MR) is 254 cm³/mol. The Hall–Kier alpha value is -6.97. The smallest absolute Gasteiger partial charge is 0.307 e. The van der Waals surface area contributed by atoms with Crippen LogP contribution in [-0.4, -0.2) is 109 Å². The molecule has 5 amide bonds. The fourth-order valence-electron chi connectivity index (χ4n) is 7.32. The molecule has 69 heavy (non-hydrogen) atoms. The first-order chi connectivity index (χ1) is 32.8. The number of ether oxygens (including phenoxy) is 1. The van der Waals surface area contributed by atoms with Gasteiger partial charge in [0.05, 0.1) is 36.2 Å². The molecular formula is C47H69N9O13. The van der Waals surface area contributed by atoms with Crippen LogP contribution in [0.1, 0.15) is 101 Å². The van der Waals surface area contributed by atoms with Crippen molar-refractivity contribution >= 4 is 35.5 Å². The molecule has 10 N–H and O–H groups in total. The van der Waals surface area contributed by atoms with Crippen molar-refractivity contribution in [2.75, 3.05) is 26.2 Å². The topological polar surface area (TPSA) is 325 Å². The van der Waals surface area contributed by atoms with Crippen molar-refractivity contribution in [1.82, 2.24) is 40.3 Å². The summed E-state index contributed by atoms with van der Waals surface area (Å²) in [6, 6.07) is 0.890. The molecule has 0 saturated heterocycles. The molecule has 0 bridgehead atoms. The standard InChI is InChI=1S/C47H69N9O13/c1-5-69-41(62)17-23-51-47(68)35(14-8-11-26-56-29-20-38(59)44(65)32(56)4)53-40(61)16-22-50-46(67)34(13-7-10-25-55-28-19-37(58)43(64)31(55)3)52-39(60)15-21-49-45(66)33(48)12-6-9-24-54-27-18-36(57)42(63)30(54)2/h18-20,27-29,33-35,63-65H,5-17,21-26,48H2,1-4H3,(H,49,66)(H,50,67)(H,51,68)(H,52,60)(H,53,61). The molecule has 22 heteroatoms. The summed E-state index contributed by atoms with van der Waals surface area (Å²) >= 11 is 0. The summed E-state index contributed by atoms with van der Waals surface area (Å²) in [5, 5.41) is 43.3. The van der Waals surface area contributed by atoms with Crippen LogP contribution in [-0.2, 0) is 53.1 Å². The van der Waals surface area contributed by atoms with Crippen molar-refractivity contribution in [2.45, 2.75) is 143 Å². The predicted octanol–water partition coefficient (Wildman–Crippen LogP) is 0.504. The summed E-state index contributed by atoms with van der Waals surface area (Å²) in [6.07, 6.45) is 8.06. The third-order valence-electron chi connectivity index (χ3n) is 11.6. The average molecular weight is 968 g/mol. The normalized spacial score (nSPS) is 12.3. The maximum atomic E-state index is 13.5. The van der Waals surface area contributed by atoms with Gasteiger partial charge < -0.3 is 66.1 Å². The summed E-state index contributed by atoms with van der Waals surface area (Å²) < 4.78 is 10.1. The van der Waals surface area contributed by atoms with Gasteiger partial charge in [-0.25, -0.2) is 0 Å². The lowest BCUT2D eigenvalue weighted by molar-refractivity contribution is -0.143. The van der Waals surface area contributed by atoms with Gasteiger partial charge in [0.1, 0.15) is 12.1 Å². The Kier molecular flexibility index (Phi) is 23.7. The first kappa shape index (κ1) is 56.4. The first-order valence-electron chi connectivity index (χ1n) is 23.3. The SMILES string of the molecule is CCOC(=O)CCNC(=O)C(CCCCn1ccc(=O)c(O)c1C)NC(=O)CCNC(=O)C(CCCCn1ccc(=O)c(O)c1C)NC(=O)CCNC(=O)C(N)CCCCn1ccc(=O)c(O)c1C. The van der Waals surface area contributed by atoms with E-state index in [1.165, 1.54) is 18.2 Å². The number of carbonyl (C=O) groups excluding carboxylic acids is 6. The summed E-state index contributed by atoms with van der Waals surface area (Å²) in [5.74, 6) is -4.18. The molecule has 3 atom stereocenters. The molecule has 3 aromatic rings. The number of unbranched alkanes of at least 4 members (excludes halogenated alkanes) is 3. The van der Waals surface area contributed by atoms with Crippen molar-refractivity contribution in [3.05, 3.63) is 84.5 Å². The molecule has 3 rings (SSSR count). The monoisotopic (exact) mass is 968 g/mol. The minimum atomic E-state index is -1.04. The lowest BCUT2D eigenvalue weighted by Crippen LogP contribution is -2.49. The van der Waals surface area contributed by atoms with E-state index >= 15 is 0 Å². The summed E-state index contributed by atoms with van der Waals surface area (Å²) in [5.41, 5.74) is 5.83. The molecule has 3 heterocycles. The Labute approximate surface area is 400 Å². The van der Waals surface area contributed by atoms with E-state index < -0.39 is 69.9 Å². The van der Waals surface area contributed by atoms with Crippen LogP contribution >= 0.6 is 0 Å². The molecule has 0 radical (unpaired) electrons. The van der Waals surface area contributed by atoms with E-state index in [4.69, 9.17) is 10.5 Å². The molecule has 3 unspecified atom stereocenters. The van der Waals surface area contributed by atoms with Crippen molar-refractivity contribution in [3.63, 3.8) is 0 Å². The largest absolute Gasteiger partial charge is 0.503 e. The van der Waals surface area contributed by atoms with Crippen LogP contribution in [0, 0.1) is 20.8 Å². The lowest BCUT2D eigenvalue weighted by atomic mass is 10.1. The van der Waals surface area contributed by atoms with Crippen molar-refractivity contribution in [2.24, 2.45) is 5.73 Å². The minimum Gasteiger partial charge on any atom is -0.503 e.